The van der Waals surface area contributed by atoms with Gasteiger partial charge >= 0.3 is 0 Å². The van der Waals surface area contributed by atoms with Gasteiger partial charge in [-0.05, 0) is 17.8 Å². The van der Waals surface area contributed by atoms with Crippen molar-refractivity contribution in [1.29, 1.82) is 0 Å². The highest BCUT2D eigenvalue weighted by Gasteiger charge is 2.63. The molecule has 11 heavy (non-hydrogen) atoms. The summed E-state index contributed by atoms with van der Waals surface area (Å²) in [4.78, 5) is 0. The Balaban J connectivity index is 1.97. The van der Waals surface area contributed by atoms with Crippen molar-refractivity contribution in [2.45, 2.75) is 0 Å². The summed E-state index contributed by atoms with van der Waals surface area (Å²) in [6, 6.07) is 0. The first kappa shape index (κ1) is 6.01. The van der Waals surface area contributed by atoms with Gasteiger partial charge in [0.25, 0.3) is 0 Å². The molecule has 0 N–H and O–H groups in total. The van der Waals surface area contributed by atoms with Crippen LogP contribution in [0.15, 0.2) is 24.3 Å². The monoisotopic (exact) mass is 148 g/mol. The minimum Gasteiger partial charge on any atom is -0.383 e. The van der Waals surface area contributed by atoms with Gasteiger partial charge in [-0.25, -0.2) is 0 Å². The van der Waals surface area contributed by atoms with E-state index in [2.05, 4.69) is 24.3 Å². The average Bonchev–Trinajstić information content (AvgIpc) is 2.49. The maximum absolute atomic E-state index is 5.24. The number of ether oxygens (including phenoxy) is 1. The van der Waals surface area contributed by atoms with Crippen LogP contribution in [0.5, 0.6) is 0 Å². The lowest BCUT2D eigenvalue weighted by Gasteiger charge is -2.21. The molecular weight excluding hydrogens is 136 g/mol. The van der Waals surface area contributed by atoms with Gasteiger partial charge in [-0.1, -0.05) is 24.3 Å². The van der Waals surface area contributed by atoms with Crippen LogP contribution in [0.3, 0.4) is 0 Å². The van der Waals surface area contributed by atoms with Crippen LogP contribution in [0.25, 0.3) is 0 Å². The lowest BCUT2D eigenvalue weighted by molar-refractivity contribution is 0.129. The molecule has 1 saturated carbocycles. The third-order valence-corrected chi connectivity index (χ3v) is 3.41. The van der Waals surface area contributed by atoms with Crippen molar-refractivity contribution in [2.75, 3.05) is 13.7 Å². The number of hydrogen-bond donors (Lipinski definition) is 0. The molecule has 0 saturated heterocycles. The molecular formula is C10H12O. The average molecular weight is 148 g/mol. The zero-order chi connectivity index (χ0) is 7.47. The summed E-state index contributed by atoms with van der Waals surface area (Å²) in [6.45, 7) is 0.873. The highest BCUT2D eigenvalue weighted by Crippen LogP contribution is 2.67. The van der Waals surface area contributed by atoms with Crippen LogP contribution in [0, 0.1) is 23.2 Å². The molecule has 2 unspecified atom stereocenters. The summed E-state index contributed by atoms with van der Waals surface area (Å²) < 4.78 is 5.24. The van der Waals surface area contributed by atoms with Crippen molar-refractivity contribution < 1.29 is 4.74 Å². The van der Waals surface area contributed by atoms with E-state index in [1.54, 1.807) is 7.11 Å². The van der Waals surface area contributed by atoms with Crippen LogP contribution in [-0.2, 0) is 4.74 Å². The van der Waals surface area contributed by atoms with Crippen LogP contribution in [0.2, 0.25) is 0 Å². The number of allylic oxidation sites excluding steroid dienone is 2. The molecule has 1 heteroatoms. The molecule has 0 aromatic rings. The van der Waals surface area contributed by atoms with Crippen molar-refractivity contribution in [3.05, 3.63) is 24.3 Å². The van der Waals surface area contributed by atoms with E-state index in [9.17, 15) is 0 Å². The Morgan fingerprint density at radius 1 is 1.27 bits per heavy atom. The summed E-state index contributed by atoms with van der Waals surface area (Å²) in [7, 11) is 1.79. The van der Waals surface area contributed by atoms with Crippen LogP contribution >= 0.6 is 0 Å². The zero-order valence-corrected chi connectivity index (χ0v) is 6.66. The van der Waals surface area contributed by atoms with E-state index in [0.717, 1.165) is 24.4 Å². The van der Waals surface area contributed by atoms with Gasteiger partial charge in [0, 0.05) is 12.5 Å². The van der Waals surface area contributed by atoms with Crippen LogP contribution in [0.1, 0.15) is 0 Å². The van der Waals surface area contributed by atoms with Gasteiger partial charge in [0.2, 0.25) is 0 Å². The molecule has 0 heterocycles. The summed E-state index contributed by atoms with van der Waals surface area (Å²) in [5.74, 6) is 2.62. The van der Waals surface area contributed by atoms with Gasteiger partial charge in [-0.15, -0.1) is 0 Å². The maximum atomic E-state index is 5.24. The van der Waals surface area contributed by atoms with Gasteiger partial charge in [0.1, 0.15) is 0 Å². The summed E-state index contributed by atoms with van der Waals surface area (Å²) >= 11 is 0. The second kappa shape index (κ2) is 1.61. The van der Waals surface area contributed by atoms with E-state index >= 15 is 0 Å². The summed E-state index contributed by atoms with van der Waals surface area (Å²) in [5, 5.41) is 0. The molecule has 0 spiro atoms. The lowest BCUT2D eigenvalue weighted by atomic mass is 9.88. The highest BCUT2D eigenvalue weighted by atomic mass is 16.5. The Morgan fingerprint density at radius 2 is 1.91 bits per heavy atom. The smallest absolute Gasteiger partial charge is 0.0591 e. The Bertz CT molecular complexity index is 232. The molecule has 1 nitrogen and oxygen atoms in total. The third kappa shape index (κ3) is 0.529. The van der Waals surface area contributed by atoms with Crippen LogP contribution < -0.4 is 0 Å². The van der Waals surface area contributed by atoms with E-state index in [4.69, 9.17) is 4.74 Å². The van der Waals surface area contributed by atoms with E-state index in [1.165, 1.54) is 0 Å². The van der Waals surface area contributed by atoms with Gasteiger partial charge < -0.3 is 4.74 Å². The SMILES string of the molecule is COCC12C=CC3C(C=C1)C32. The van der Waals surface area contributed by atoms with E-state index in [0.29, 0.717) is 5.41 Å². The number of methoxy groups -OCH3 is 1. The van der Waals surface area contributed by atoms with Crippen LogP contribution in [0.4, 0.5) is 0 Å². The predicted molar refractivity (Wildman–Crippen MR) is 43.1 cm³/mol. The fourth-order valence-corrected chi connectivity index (χ4v) is 2.87. The standard InChI is InChI=1S/C10H12O/c1-11-6-10-4-2-7-8(3-5-10)9(7)10/h2-5,7-9H,6H2,1H3. The molecule has 0 bridgehead atoms. The van der Waals surface area contributed by atoms with E-state index < -0.39 is 0 Å². The predicted octanol–water partition coefficient (Wildman–Crippen LogP) is 1.62. The fraction of sp³-hybridized carbons (Fsp3) is 0.600. The number of hydrogen-bond acceptors (Lipinski definition) is 1. The number of rotatable bonds is 2. The summed E-state index contributed by atoms with van der Waals surface area (Å²) in [6.07, 6.45) is 9.42. The fourth-order valence-electron chi connectivity index (χ4n) is 2.87. The maximum Gasteiger partial charge on any atom is 0.0591 e. The first-order valence-corrected chi connectivity index (χ1v) is 4.25. The van der Waals surface area contributed by atoms with Crippen LogP contribution in [-0.4, -0.2) is 13.7 Å². The topological polar surface area (TPSA) is 9.23 Å². The molecule has 58 valence electrons. The van der Waals surface area contributed by atoms with Gasteiger partial charge in [0.05, 0.1) is 6.61 Å². The van der Waals surface area contributed by atoms with E-state index in [1.807, 2.05) is 0 Å². The molecule has 0 aromatic heterocycles. The number of fused-ring (bicyclic) bond motifs is 1. The quantitative estimate of drug-likeness (QED) is 0.541. The van der Waals surface area contributed by atoms with Crippen molar-refractivity contribution in [3.63, 3.8) is 0 Å². The molecule has 2 atom stereocenters. The normalized spacial score (nSPS) is 55.2. The Morgan fingerprint density at radius 3 is 2.45 bits per heavy atom. The van der Waals surface area contributed by atoms with Crippen molar-refractivity contribution in [1.82, 2.24) is 0 Å². The molecule has 0 amide bonds. The molecule has 0 aromatic carbocycles. The molecule has 3 aliphatic rings. The molecule has 3 aliphatic carbocycles. The molecule has 3 rings (SSSR count). The Hall–Kier alpha value is -0.560. The molecule has 0 radical (unpaired) electrons. The van der Waals surface area contributed by atoms with Crippen molar-refractivity contribution >= 4 is 0 Å². The van der Waals surface area contributed by atoms with E-state index in [-0.39, 0.29) is 0 Å². The summed E-state index contributed by atoms with van der Waals surface area (Å²) in [5.41, 5.74) is 0.310. The molecule has 1 fully saturated rings. The minimum atomic E-state index is 0.310. The first-order chi connectivity index (χ1) is 5.37. The largest absolute Gasteiger partial charge is 0.383 e. The third-order valence-electron chi connectivity index (χ3n) is 3.41. The molecule has 0 aliphatic heterocycles. The second-order valence-corrected chi connectivity index (χ2v) is 3.94. The van der Waals surface area contributed by atoms with Crippen molar-refractivity contribution in [2.24, 2.45) is 23.2 Å². The van der Waals surface area contributed by atoms with Crippen molar-refractivity contribution in [3.8, 4) is 0 Å². The minimum absolute atomic E-state index is 0.310. The highest BCUT2D eigenvalue weighted by molar-refractivity contribution is 5.40. The van der Waals surface area contributed by atoms with Gasteiger partial charge in [-0.3, -0.25) is 0 Å². The zero-order valence-electron chi connectivity index (χ0n) is 6.66. The first-order valence-electron chi connectivity index (χ1n) is 4.25. The second-order valence-electron chi connectivity index (χ2n) is 3.94. The Labute approximate surface area is 66.7 Å². The van der Waals surface area contributed by atoms with Gasteiger partial charge in [0.15, 0.2) is 0 Å². The van der Waals surface area contributed by atoms with Gasteiger partial charge in [-0.2, -0.15) is 0 Å². The Kier molecular flexibility index (Phi) is 0.880. The lowest BCUT2D eigenvalue weighted by Crippen LogP contribution is -2.21.